The minimum absolute atomic E-state index is 0.110. The molecule has 0 bridgehead atoms. The topological polar surface area (TPSA) is 124 Å². The number of rotatable bonds is 8. The van der Waals surface area contributed by atoms with Gasteiger partial charge >= 0.3 is 0 Å². The Balaban J connectivity index is 2.27. The summed E-state index contributed by atoms with van der Waals surface area (Å²) in [5.41, 5.74) is 6.89. The number of ether oxygens (including phenoxy) is 3. The monoisotopic (exact) mass is 395 g/mol. The van der Waals surface area contributed by atoms with Crippen molar-refractivity contribution in [2.75, 3.05) is 26.1 Å². The van der Waals surface area contributed by atoms with E-state index in [9.17, 15) is 14.9 Å². The first kappa shape index (κ1) is 21.3. The number of nitriles is 1. The van der Waals surface area contributed by atoms with Crippen LogP contribution in [0.1, 0.15) is 11.1 Å². The molecule has 0 aliphatic heterocycles. The average molecular weight is 395 g/mol. The van der Waals surface area contributed by atoms with Crippen LogP contribution in [0.3, 0.4) is 0 Å². The van der Waals surface area contributed by atoms with Crippen molar-refractivity contribution in [2.45, 2.75) is 6.92 Å². The Kier molecular flexibility index (Phi) is 7.20. The third-order valence-corrected chi connectivity index (χ3v) is 3.84. The third-order valence-electron chi connectivity index (χ3n) is 3.84. The summed E-state index contributed by atoms with van der Waals surface area (Å²) >= 11 is 0. The second-order valence-electron chi connectivity index (χ2n) is 5.99. The Morgan fingerprint density at radius 3 is 2.41 bits per heavy atom. The molecule has 0 saturated heterocycles. The summed E-state index contributed by atoms with van der Waals surface area (Å²) in [4.78, 5) is 23.4. The highest BCUT2D eigenvalue weighted by atomic mass is 16.5. The fourth-order valence-corrected chi connectivity index (χ4v) is 2.47. The predicted molar refractivity (Wildman–Crippen MR) is 108 cm³/mol. The van der Waals surface area contributed by atoms with Crippen LogP contribution < -0.4 is 25.3 Å². The molecule has 0 heterocycles. The molecule has 0 aromatic heterocycles. The van der Waals surface area contributed by atoms with Crippen LogP contribution >= 0.6 is 0 Å². The number of hydrogen-bond acceptors (Lipinski definition) is 6. The van der Waals surface area contributed by atoms with E-state index in [2.05, 4.69) is 5.32 Å². The average Bonchev–Trinajstić information content (AvgIpc) is 2.70. The van der Waals surface area contributed by atoms with Gasteiger partial charge in [-0.1, -0.05) is 12.1 Å². The fraction of sp³-hybridized carbons (Fsp3) is 0.190. The normalized spacial score (nSPS) is 10.6. The second-order valence-corrected chi connectivity index (χ2v) is 5.99. The highest BCUT2D eigenvalue weighted by Gasteiger charge is 2.14. The van der Waals surface area contributed by atoms with E-state index in [-0.39, 0.29) is 12.2 Å². The molecule has 2 aromatic carbocycles. The lowest BCUT2D eigenvalue weighted by atomic mass is 10.1. The number of nitrogens with one attached hydrogen (secondary N) is 1. The molecule has 8 nitrogen and oxygen atoms in total. The number of carbonyl (C=O) groups is 2. The van der Waals surface area contributed by atoms with E-state index < -0.39 is 11.8 Å². The molecule has 0 fully saturated rings. The molecule has 29 heavy (non-hydrogen) atoms. The molecule has 2 amide bonds. The Labute approximate surface area is 168 Å². The molecule has 8 heteroatoms. The van der Waals surface area contributed by atoms with Crippen LogP contribution in [0, 0.1) is 18.3 Å². The molecule has 0 radical (unpaired) electrons. The molecule has 3 N–H and O–H groups in total. The van der Waals surface area contributed by atoms with Crippen LogP contribution in [0.5, 0.6) is 17.2 Å². The SMILES string of the molecule is COc1ccc(C)cc1NC(=O)/C(C#N)=C/c1ccc(OCC(N)=O)c(OC)c1. The number of hydrogen-bond donors (Lipinski definition) is 2. The van der Waals surface area contributed by atoms with Crippen molar-refractivity contribution in [3.05, 3.63) is 53.1 Å². The Morgan fingerprint density at radius 1 is 1.10 bits per heavy atom. The summed E-state index contributed by atoms with van der Waals surface area (Å²) in [7, 11) is 2.93. The van der Waals surface area contributed by atoms with Crippen molar-refractivity contribution >= 4 is 23.6 Å². The summed E-state index contributed by atoms with van der Waals surface area (Å²) < 4.78 is 15.7. The van der Waals surface area contributed by atoms with Crippen LogP contribution in [0.25, 0.3) is 6.08 Å². The Hall–Kier alpha value is -3.99. The lowest BCUT2D eigenvalue weighted by molar-refractivity contribution is -0.120. The van der Waals surface area contributed by atoms with Crippen molar-refractivity contribution in [1.29, 1.82) is 5.26 Å². The van der Waals surface area contributed by atoms with Crippen LogP contribution in [-0.2, 0) is 9.59 Å². The maximum Gasteiger partial charge on any atom is 0.266 e. The zero-order valence-corrected chi connectivity index (χ0v) is 16.3. The second kappa shape index (κ2) is 9.80. The predicted octanol–water partition coefficient (Wildman–Crippen LogP) is 2.42. The molecule has 0 aliphatic carbocycles. The number of methoxy groups -OCH3 is 2. The summed E-state index contributed by atoms with van der Waals surface area (Å²) in [6, 6.07) is 12.0. The van der Waals surface area contributed by atoms with Gasteiger partial charge in [0, 0.05) is 0 Å². The highest BCUT2D eigenvalue weighted by molar-refractivity contribution is 6.10. The van der Waals surface area contributed by atoms with Gasteiger partial charge in [-0.25, -0.2) is 0 Å². The van der Waals surface area contributed by atoms with Gasteiger partial charge in [-0.05, 0) is 48.4 Å². The maximum absolute atomic E-state index is 12.6. The molecule has 0 atom stereocenters. The number of anilines is 1. The van der Waals surface area contributed by atoms with E-state index in [0.717, 1.165) is 5.56 Å². The molecule has 0 saturated carbocycles. The summed E-state index contributed by atoms with van der Waals surface area (Å²) in [5.74, 6) is -0.0664. The quantitative estimate of drug-likeness (QED) is 0.523. The van der Waals surface area contributed by atoms with Crippen LogP contribution in [0.15, 0.2) is 42.0 Å². The number of nitrogens with zero attached hydrogens (tertiary/aromatic N) is 1. The number of benzene rings is 2. The standard InChI is InChI=1S/C21H21N3O5/c1-13-4-6-17(27-2)16(8-13)24-21(26)15(11-22)9-14-5-7-18(19(10-14)28-3)29-12-20(23)25/h4-10H,12H2,1-3H3,(H2,23,25)(H,24,26)/b15-9+. The maximum atomic E-state index is 12.6. The minimum Gasteiger partial charge on any atom is -0.495 e. The minimum atomic E-state index is -0.619. The van der Waals surface area contributed by atoms with E-state index in [1.54, 1.807) is 30.3 Å². The first-order valence-electron chi connectivity index (χ1n) is 8.55. The van der Waals surface area contributed by atoms with Gasteiger partial charge < -0.3 is 25.3 Å². The van der Waals surface area contributed by atoms with Gasteiger partial charge in [0.1, 0.15) is 17.4 Å². The lowest BCUT2D eigenvalue weighted by Crippen LogP contribution is -2.20. The molecular formula is C21H21N3O5. The van der Waals surface area contributed by atoms with Crippen LogP contribution in [-0.4, -0.2) is 32.6 Å². The summed E-state index contributed by atoms with van der Waals surface area (Å²) in [5, 5.41) is 12.1. The van der Waals surface area contributed by atoms with Gasteiger partial charge in [0.25, 0.3) is 11.8 Å². The zero-order valence-electron chi connectivity index (χ0n) is 16.3. The Morgan fingerprint density at radius 2 is 1.79 bits per heavy atom. The van der Waals surface area contributed by atoms with Crippen molar-refractivity contribution in [3.63, 3.8) is 0 Å². The number of amides is 2. The van der Waals surface area contributed by atoms with E-state index in [1.165, 1.54) is 20.3 Å². The van der Waals surface area contributed by atoms with Crippen molar-refractivity contribution < 1.29 is 23.8 Å². The molecule has 0 unspecified atom stereocenters. The van der Waals surface area contributed by atoms with E-state index in [4.69, 9.17) is 19.9 Å². The number of primary amides is 1. The highest BCUT2D eigenvalue weighted by Crippen LogP contribution is 2.29. The molecule has 0 aliphatic rings. The van der Waals surface area contributed by atoms with Crippen molar-refractivity contribution in [2.24, 2.45) is 5.73 Å². The molecule has 0 spiro atoms. The van der Waals surface area contributed by atoms with Crippen molar-refractivity contribution in [1.82, 2.24) is 0 Å². The van der Waals surface area contributed by atoms with Crippen LogP contribution in [0.4, 0.5) is 5.69 Å². The largest absolute Gasteiger partial charge is 0.495 e. The van der Waals surface area contributed by atoms with Gasteiger partial charge in [0.05, 0.1) is 19.9 Å². The molecular weight excluding hydrogens is 374 g/mol. The van der Waals surface area contributed by atoms with Gasteiger partial charge in [0.15, 0.2) is 18.1 Å². The van der Waals surface area contributed by atoms with Crippen molar-refractivity contribution in [3.8, 4) is 23.3 Å². The summed E-state index contributed by atoms with van der Waals surface area (Å²) in [6.07, 6.45) is 1.41. The van der Waals surface area contributed by atoms with Gasteiger partial charge in [-0.15, -0.1) is 0 Å². The van der Waals surface area contributed by atoms with E-state index in [1.807, 2.05) is 19.1 Å². The zero-order chi connectivity index (χ0) is 21.4. The molecule has 2 aromatic rings. The Bertz CT molecular complexity index is 992. The van der Waals surface area contributed by atoms with Gasteiger partial charge in [0.2, 0.25) is 0 Å². The lowest BCUT2D eigenvalue weighted by Gasteiger charge is -2.11. The number of nitrogens with two attached hydrogens (primary N) is 1. The van der Waals surface area contributed by atoms with Gasteiger partial charge in [-0.2, -0.15) is 5.26 Å². The first-order chi connectivity index (χ1) is 13.9. The first-order valence-corrected chi connectivity index (χ1v) is 8.55. The number of aryl methyl sites for hydroxylation is 1. The molecule has 2 rings (SSSR count). The van der Waals surface area contributed by atoms with E-state index in [0.29, 0.717) is 28.5 Å². The third kappa shape index (κ3) is 5.74. The fourth-order valence-electron chi connectivity index (χ4n) is 2.47. The summed E-state index contributed by atoms with van der Waals surface area (Å²) in [6.45, 7) is 1.58. The smallest absolute Gasteiger partial charge is 0.266 e. The van der Waals surface area contributed by atoms with E-state index >= 15 is 0 Å². The van der Waals surface area contributed by atoms with Gasteiger partial charge in [-0.3, -0.25) is 9.59 Å². The van der Waals surface area contributed by atoms with Crippen LogP contribution in [0.2, 0.25) is 0 Å². The number of carbonyl (C=O) groups excluding carboxylic acids is 2. The molecule has 150 valence electrons.